The molecule has 1 aromatic heterocycles. The molecule has 1 fully saturated rings. The minimum atomic E-state index is -0.451. The third-order valence-electron chi connectivity index (χ3n) is 3.75. The van der Waals surface area contributed by atoms with Gasteiger partial charge in [-0.15, -0.1) is 0 Å². The number of nitrogens with zero attached hydrogens (tertiary/aromatic N) is 1. The van der Waals surface area contributed by atoms with Crippen molar-refractivity contribution in [2.24, 2.45) is 5.73 Å². The largest absolute Gasteiger partial charge is 0.350 e. The molecule has 2 unspecified atom stereocenters. The fraction of sp³-hybridized carbons (Fsp3) is 0.278. The van der Waals surface area contributed by atoms with Gasteiger partial charge >= 0.3 is 0 Å². The van der Waals surface area contributed by atoms with Crippen molar-refractivity contribution in [3.05, 3.63) is 64.4 Å². The van der Waals surface area contributed by atoms with Crippen LogP contribution in [-0.2, 0) is 10.3 Å². The predicted octanol–water partition coefficient (Wildman–Crippen LogP) is 2.25. The summed E-state index contributed by atoms with van der Waals surface area (Å²) in [6, 6.07) is 11.6. The molecule has 1 aliphatic rings. The van der Waals surface area contributed by atoms with E-state index in [1.807, 2.05) is 31.2 Å². The molecule has 23 heavy (non-hydrogen) atoms. The molecule has 0 spiro atoms. The van der Waals surface area contributed by atoms with E-state index in [1.54, 1.807) is 18.3 Å². The second-order valence-corrected chi connectivity index (χ2v) is 6.15. The van der Waals surface area contributed by atoms with Gasteiger partial charge in [0.25, 0.3) is 0 Å². The summed E-state index contributed by atoms with van der Waals surface area (Å²) in [5.74, 6) is 6.16. The number of hydrogen-bond acceptors (Lipinski definition) is 4. The number of ether oxygens (including phenoxy) is 1. The zero-order valence-corrected chi connectivity index (χ0v) is 13.6. The Kier molecular flexibility index (Phi) is 4.65. The summed E-state index contributed by atoms with van der Waals surface area (Å²) in [6.07, 6.45) is 1.29. The van der Waals surface area contributed by atoms with E-state index in [1.165, 1.54) is 0 Å². The van der Waals surface area contributed by atoms with E-state index in [9.17, 15) is 0 Å². The molecule has 1 aromatic carbocycles. The number of pyridine rings is 1. The zero-order valence-electron chi connectivity index (χ0n) is 12.8. The molecule has 0 radical (unpaired) electrons. The van der Waals surface area contributed by atoms with E-state index in [0.29, 0.717) is 17.3 Å². The number of nitrogens with two attached hydrogens (primary N) is 1. The molecular formula is C18H18ClN3O. The average molecular weight is 328 g/mol. The van der Waals surface area contributed by atoms with Crippen LogP contribution in [0, 0.1) is 11.8 Å². The lowest BCUT2D eigenvalue weighted by Gasteiger charge is -2.38. The Hall–Kier alpha value is -1.90. The van der Waals surface area contributed by atoms with Crippen molar-refractivity contribution in [2.45, 2.75) is 18.8 Å². The fourth-order valence-corrected chi connectivity index (χ4v) is 2.66. The first-order valence-electron chi connectivity index (χ1n) is 7.43. The molecule has 0 saturated carbocycles. The van der Waals surface area contributed by atoms with Gasteiger partial charge in [-0.25, -0.2) is 4.98 Å². The van der Waals surface area contributed by atoms with Crippen LogP contribution in [0.5, 0.6) is 0 Å². The third-order valence-corrected chi connectivity index (χ3v) is 3.98. The fourth-order valence-electron chi connectivity index (χ4n) is 2.55. The molecule has 118 valence electrons. The molecule has 0 bridgehead atoms. The van der Waals surface area contributed by atoms with Crippen LogP contribution in [0.4, 0.5) is 0 Å². The quantitative estimate of drug-likeness (QED) is 0.789. The van der Waals surface area contributed by atoms with Crippen LogP contribution in [0.15, 0.2) is 42.6 Å². The van der Waals surface area contributed by atoms with Crippen molar-refractivity contribution >= 4 is 11.6 Å². The maximum atomic E-state index is 5.93. The molecular weight excluding hydrogens is 310 g/mol. The van der Waals surface area contributed by atoms with Crippen LogP contribution >= 0.6 is 11.6 Å². The minimum Gasteiger partial charge on any atom is -0.350 e. The Balaban J connectivity index is 1.84. The van der Waals surface area contributed by atoms with Crippen LogP contribution in [0.2, 0.25) is 5.02 Å². The Labute approximate surface area is 141 Å². The molecule has 4 nitrogen and oxygen atoms in total. The van der Waals surface area contributed by atoms with Gasteiger partial charge in [-0.05, 0) is 42.7 Å². The summed E-state index contributed by atoms with van der Waals surface area (Å²) >= 11 is 5.82. The van der Waals surface area contributed by atoms with Gasteiger partial charge in [-0.1, -0.05) is 29.7 Å². The van der Waals surface area contributed by atoms with E-state index in [4.69, 9.17) is 22.1 Å². The summed E-state index contributed by atoms with van der Waals surface area (Å²) in [7, 11) is 0. The van der Waals surface area contributed by atoms with E-state index >= 15 is 0 Å². The average Bonchev–Trinajstić information content (AvgIpc) is 2.54. The molecule has 2 heterocycles. The number of hydrogen-bond donors (Lipinski definition) is 2. The van der Waals surface area contributed by atoms with Gasteiger partial charge in [0, 0.05) is 24.8 Å². The van der Waals surface area contributed by atoms with E-state index in [-0.39, 0.29) is 6.23 Å². The lowest BCUT2D eigenvalue weighted by atomic mass is 9.93. The van der Waals surface area contributed by atoms with E-state index < -0.39 is 5.60 Å². The van der Waals surface area contributed by atoms with Crippen molar-refractivity contribution in [1.29, 1.82) is 0 Å². The molecule has 2 atom stereocenters. The summed E-state index contributed by atoms with van der Waals surface area (Å²) in [6.45, 7) is 3.42. The highest BCUT2D eigenvalue weighted by molar-refractivity contribution is 6.30. The molecule has 2 aromatic rings. The molecule has 3 N–H and O–H groups in total. The highest BCUT2D eigenvalue weighted by atomic mass is 35.5. The molecule has 1 aliphatic heterocycles. The number of benzene rings is 1. The summed E-state index contributed by atoms with van der Waals surface area (Å²) in [5.41, 5.74) is 8.09. The monoisotopic (exact) mass is 327 g/mol. The van der Waals surface area contributed by atoms with Crippen LogP contribution in [-0.4, -0.2) is 24.3 Å². The second kappa shape index (κ2) is 6.69. The first-order valence-corrected chi connectivity index (χ1v) is 7.81. The summed E-state index contributed by atoms with van der Waals surface area (Å²) in [4.78, 5) is 4.17. The highest BCUT2D eigenvalue weighted by Crippen LogP contribution is 2.28. The Bertz CT molecular complexity index is 751. The first kappa shape index (κ1) is 16.0. The minimum absolute atomic E-state index is 0.304. The number of nitrogens with one attached hydrogen (secondary N) is 1. The molecule has 1 saturated heterocycles. The standard InChI is InChI=1S/C18H18ClN3O/c1-18(12-21-11-17(20)23-18)14-4-2-3-13(9-14)5-7-16-8-6-15(19)10-22-16/h2-4,6,8-10,17,21H,11-12,20H2,1H3. The SMILES string of the molecule is CC1(c2cccc(C#Cc3ccc(Cl)cn3)c2)CNCC(N)O1. The maximum Gasteiger partial charge on any atom is 0.119 e. The Morgan fingerprint density at radius 3 is 2.96 bits per heavy atom. The number of morpholine rings is 1. The van der Waals surface area contributed by atoms with Crippen molar-refractivity contribution < 1.29 is 4.74 Å². The van der Waals surface area contributed by atoms with Gasteiger partial charge in [-0.2, -0.15) is 0 Å². The van der Waals surface area contributed by atoms with Gasteiger partial charge in [0.05, 0.1) is 5.02 Å². The number of aromatic nitrogens is 1. The molecule has 5 heteroatoms. The van der Waals surface area contributed by atoms with Gasteiger partial charge in [-0.3, -0.25) is 0 Å². The van der Waals surface area contributed by atoms with E-state index in [0.717, 1.165) is 17.7 Å². The van der Waals surface area contributed by atoms with Gasteiger partial charge in [0.15, 0.2) is 0 Å². The second-order valence-electron chi connectivity index (χ2n) is 5.71. The Morgan fingerprint density at radius 2 is 2.22 bits per heavy atom. The highest BCUT2D eigenvalue weighted by Gasteiger charge is 2.33. The first-order chi connectivity index (χ1) is 11.0. The molecule has 3 rings (SSSR count). The van der Waals surface area contributed by atoms with Gasteiger partial charge in [0.2, 0.25) is 0 Å². The van der Waals surface area contributed by atoms with Crippen molar-refractivity contribution in [3.63, 3.8) is 0 Å². The zero-order chi connectivity index (χ0) is 16.3. The van der Waals surface area contributed by atoms with Crippen LogP contribution in [0.3, 0.4) is 0 Å². The summed E-state index contributed by atoms with van der Waals surface area (Å²) < 4.78 is 5.93. The topological polar surface area (TPSA) is 60.2 Å². The number of halogens is 1. The van der Waals surface area contributed by atoms with E-state index in [2.05, 4.69) is 22.1 Å². The molecule has 0 aliphatic carbocycles. The summed E-state index contributed by atoms with van der Waals surface area (Å²) in [5, 5.41) is 3.90. The predicted molar refractivity (Wildman–Crippen MR) is 91.0 cm³/mol. The van der Waals surface area contributed by atoms with Crippen LogP contribution in [0.1, 0.15) is 23.7 Å². The number of rotatable bonds is 1. The van der Waals surface area contributed by atoms with Gasteiger partial charge < -0.3 is 15.8 Å². The normalized spacial score (nSPS) is 23.9. The molecule has 0 amide bonds. The van der Waals surface area contributed by atoms with Crippen molar-refractivity contribution in [2.75, 3.05) is 13.1 Å². The third kappa shape index (κ3) is 3.90. The van der Waals surface area contributed by atoms with Crippen LogP contribution in [0.25, 0.3) is 0 Å². The van der Waals surface area contributed by atoms with Crippen LogP contribution < -0.4 is 11.1 Å². The Morgan fingerprint density at radius 1 is 1.35 bits per heavy atom. The lowest BCUT2D eigenvalue weighted by molar-refractivity contribution is -0.107. The van der Waals surface area contributed by atoms with Gasteiger partial charge in [0.1, 0.15) is 17.5 Å². The van der Waals surface area contributed by atoms with Crippen molar-refractivity contribution in [1.82, 2.24) is 10.3 Å². The van der Waals surface area contributed by atoms with Crippen molar-refractivity contribution in [3.8, 4) is 11.8 Å². The lowest BCUT2D eigenvalue weighted by Crippen LogP contribution is -2.53. The smallest absolute Gasteiger partial charge is 0.119 e. The maximum absolute atomic E-state index is 5.93.